The fourth-order valence-corrected chi connectivity index (χ4v) is 5.73. The lowest BCUT2D eigenvalue weighted by molar-refractivity contribution is -0.137. The minimum Gasteiger partial charge on any atom is -0.497 e. The number of methoxy groups -OCH3 is 2. The van der Waals surface area contributed by atoms with E-state index in [0.29, 0.717) is 35.8 Å². The van der Waals surface area contributed by atoms with Crippen molar-refractivity contribution in [2.75, 3.05) is 24.4 Å². The molecule has 0 fully saturated rings. The maximum absolute atomic E-state index is 15.1. The summed E-state index contributed by atoms with van der Waals surface area (Å²) < 4.78 is 68.3. The largest absolute Gasteiger partial charge is 0.497 e. The molecule has 0 aliphatic carbocycles. The van der Waals surface area contributed by atoms with Crippen LogP contribution in [-0.2, 0) is 19.3 Å². The van der Waals surface area contributed by atoms with Gasteiger partial charge < -0.3 is 19.7 Å². The summed E-state index contributed by atoms with van der Waals surface area (Å²) in [4.78, 5) is 24.2. The summed E-state index contributed by atoms with van der Waals surface area (Å²) in [5.74, 6) is 0.617. The van der Waals surface area contributed by atoms with E-state index in [1.165, 1.54) is 35.4 Å². The molecule has 3 aromatic heterocycles. The first kappa shape index (κ1) is 34.7. The topological polar surface area (TPSA) is 112 Å². The fraction of sp³-hybridized carbons (Fsp3) is 0.132. The van der Waals surface area contributed by atoms with E-state index in [9.17, 15) is 18.0 Å². The molecule has 4 aromatic carbocycles. The van der Waals surface area contributed by atoms with Gasteiger partial charge in [0.15, 0.2) is 11.5 Å². The number of halogens is 4. The second-order valence-electron chi connectivity index (χ2n) is 11.9. The zero-order chi connectivity index (χ0) is 37.1. The third kappa shape index (κ3) is 7.49. The molecule has 15 heteroatoms. The van der Waals surface area contributed by atoms with E-state index in [-0.39, 0.29) is 16.9 Å². The molecule has 7 rings (SSSR count). The summed E-state index contributed by atoms with van der Waals surface area (Å²) >= 11 is 0. The standard InChI is InChI=1S/C38H30F4N8O3/c1-52-30-11-6-24(7-12-30)20-48(21-25-8-13-31(53-2)14-9-25)35-36-43-19-34(50(36)46-23-44-35)27-18-45-49(22-27)33-17-29(10-15-32(33)39)47-37(51)26-4-3-5-28(16-26)38(40,41)42/h3-19,22-23H,20-21H2,1-2H3,(H,47,51). The molecule has 7 aromatic rings. The Balaban J connectivity index is 1.17. The highest BCUT2D eigenvalue weighted by atomic mass is 19.4. The van der Waals surface area contributed by atoms with Crippen LogP contribution in [0.1, 0.15) is 27.0 Å². The van der Waals surface area contributed by atoms with Crippen LogP contribution in [0.4, 0.5) is 29.1 Å². The van der Waals surface area contributed by atoms with E-state index < -0.39 is 23.5 Å². The molecule has 0 saturated heterocycles. The molecule has 0 atom stereocenters. The highest BCUT2D eigenvalue weighted by Gasteiger charge is 2.31. The molecule has 1 N–H and O–H groups in total. The SMILES string of the molecule is COc1ccc(CN(Cc2ccc(OC)cc2)c2ncnn3c(-c4cnn(-c5cc(NC(=O)c6cccc(C(F)(F)F)c6)ccc5F)c4)cnc23)cc1. The molecule has 268 valence electrons. The molecule has 0 aliphatic heterocycles. The van der Waals surface area contributed by atoms with Gasteiger partial charge >= 0.3 is 6.18 Å². The smallest absolute Gasteiger partial charge is 0.416 e. The number of carbonyl (C=O) groups is 1. The predicted molar refractivity (Wildman–Crippen MR) is 189 cm³/mol. The number of hydrogen-bond donors (Lipinski definition) is 1. The highest BCUT2D eigenvalue weighted by molar-refractivity contribution is 6.04. The fourth-order valence-electron chi connectivity index (χ4n) is 5.73. The Morgan fingerprint density at radius 1 is 0.830 bits per heavy atom. The average molecular weight is 723 g/mol. The number of fused-ring (bicyclic) bond motifs is 1. The van der Waals surface area contributed by atoms with Crippen LogP contribution in [0.5, 0.6) is 11.5 Å². The van der Waals surface area contributed by atoms with Gasteiger partial charge in [-0.3, -0.25) is 4.79 Å². The summed E-state index contributed by atoms with van der Waals surface area (Å²) in [5.41, 5.74) is 2.60. The summed E-state index contributed by atoms with van der Waals surface area (Å²) in [6, 6.07) is 23.3. The Hall–Kier alpha value is -6.77. The van der Waals surface area contributed by atoms with Gasteiger partial charge in [-0.1, -0.05) is 30.3 Å². The number of aromatic nitrogens is 6. The first-order valence-corrected chi connectivity index (χ1v) is 16.1. The van der Waals surface area contributed by atoms with Crippen LogP contribution >= 0.6 is 0 Å². The molecule has 53 heavy (non-hydrogen) atoms. The van der Waals surface area contributed by atoms with Crippen LogP contribution in [0.15, 0.2) is 116 Å². The second kappa shape index (κ2) is 14.5. The number of ether oxygens (including phenoxy) is 2. The van der Waals surface area contributed by atoms with E-state index in [1.54, 1.807) is 31.1 Å². The van der Waals surface area contributed by atoms with Crippen LogP contribution in [0.3, 0.4) is 0 Å². The van der Waals surface area contributed by atoms with Gasteiger partial charge in [0, 0.05) is 36.1 Å². The van der Waals surface area contributed by atoms with Gasteiger partial charge in [-0.25, -0.2) is 23.6 Å². The molecule has 0 bridgehead atoms. The van der Waals surface area contributed by atoms with E-state index in [4.69, 9.17) is 9.47 Å². The third-order valence-electron chi connectivity index (χ3n) is 8.43. The number of alkyl halides is 3. The van der Waals surface area contributed by atoms with E-state index in [2.05, 4.69) is 30.4 Å². The molecule has 0 saturated carbocycles. The first-order chi connectivity index (χ1) is 25.6. The van der Waals surface area contributed by atoms with Gasteiger partial charge in [0.1, 0.15) is 29.3 Å². The number of amides is 1. The number of hydrogen-bond acceptors (Lipinski definition) is 8. The lowest BCUT2D eigenvalue weighted by atomic mass is 10.1. The van der Waals surface area contributed by atoms with Crippen molar-refractivity contribution in [3.63, 3.8) is 0 Å². The van der Waals surface area contributed by atoms with Gasteiger partial charge in [-0.05, 0) is 71.8 Å². The minimum atomic E-state index is -4.61. The zero-order valence-electron chi connectivity index (χ0n) is 28.3. The number of carbonyl (C=O) groups excluding carboxylic acids is 1. The number of nitrogens with one attached hydrogen (secondary N) is 1. The Morgan fingerprint density at radius 3 is 2.15 bits per heavy atom. The van der Waals surface area contributed by atoms with Crippen molar-refractivity contribution in [1.82, 2.24) is 29.4 Å². The number of imidazole rings is 1. The second-order valence-corrected chi connectivity index (χ2v) is 11.9. The number of nitrogens with zero attached hydrogens (tertiary/aromatic N) is 7. The van der Waals surface area contributed by atoms with Crippen molar-refractivity contribution in [2.24, 2.45) is 0 Å². The molecule has 0 radical (unpaired) electrons. The zero-order valence-corrected chi connectivity index (χ0v) is 28.3. The Morgan fingerprint density at radius 2 is 1.51 bits per heavy atom. The summed E-state index contributed by atoms with van der Waals surface area (Å²) in [6.07, 6.45) is 1.54. The van der Waals surface area contributed by atoms with E-state index in [0.717, 1.165) is 46.9 Å². The molecule has 0 aliphatic rings. The lowest BCUT2D eigenvalue weighted by Crippen LogP contribution is -2.24. The van der Waals surface area contributed by atoms with Gasteiger partial charge in [-0.2, -0.15) is 23.4 Å². The van der Waals surface area contributed by atoms with Crippen molar-refractivity contribution < 1.29 is 31.8 Å². The Labute approximate surface area is 300 Å². The van der Waals surface area contributed by atoms with Crippen LogP contribution < -0.4 is 19.7 Å². The van der Waals surface area contributed by atoms with E-state index in [1.807, 2.05) is 48.5 Å². The summed E-state index contributed by atoms with van der Waals surface area (Å²) in [5, 5.41) is 11.4. The van der Waals surface area contributed by atoms with Crippen LogP contribution in [0.2, 0.25) is 0 Å². The minimum absolute atomic E-state index is 0.00705. The normalized spacial score (nSPS) is 11.4. The number of rotatable bonds is 11. The highest BCUT2D eigenvalue weighted by Crippen LogP contribution is 2.31. The quantitative estimate of drug-likeness (QED) is 0.136. The Bertz CT molecular complexity index is 2340. The molecular weight excluding hydrogens is 692 g/mol. The van der Waals surface area contributed by atoms with Crippen molar-refractivity contribution in [2.45, 2.75) is 19.3 Å². The van der Waals surface area contributed by atoms with Crippen molar-refractivity contribution >= 4 is 23.1 Å². The molecule has 1 amide bonds. The maximum atomic E-state index is 15.1. The molecule has 3 heterocycles. The van der Waals surface area contributed by atoms with Crippen molar-refractivity contribution in [3.8, 4) is 28.4 Å². The monoisotopic (exact) mass is 722 g/mol. The summed E-state index contributed by atoms with van der Waals surface area (Å²) in [6.45, 7) is 0.978. The van der Waals surface area contributed by atoms with Crippen molar-refractivity contribution in [1.29, 1.82) is 0 Å². The third-order valence-corrected chi connectivity index (χ3v) is 8.43. The van der Waals surface area contributed by atoms with Crippen LogP contribution in [0, 0.1) is 5.82 Å². The van der Waals surface area contributed by atoms with E-state index >= 15 is 4.39 Å². The van der Waals surface area contributed by atoms with Gasteiger partial charge in [0.2, 0.25) is 0 Å². The Kier molecular flexibility index (Phi) is 9.46. The van der Waals surface area contributed by atoms with Gasteiger partial charge in [-0.15, -0.1) is 0 Å². The number of anilines is 2. The van der Waals surface area contributed by atoms with Crippen LogP contribution in [0.25, 0.3) is 22.6 Å². The van der Waals surface area contributed by atoms with Gasteiger partial charge in [0.05, 0.1) is 37.9 Å². The molecule has 0 unspecified atom stereocenters. The van der Waals surface area contributed by atoms with Gasteiger partial charge in [0.25, 0.3) is 5.91 Å². The molecule has 11 nitrogen and oxygen atoms in total. The number of benzene rings is 4. The lowest BCUT2D eigenvalue weighted by Gasteiger charge is -2.24. The first-order valence-electron chi connectivity index (χ1n) is 16.1. The predicted octanol–water partition coefficient (Wildman–Crippen LogP) is 7.61. The van der Waals surface area contributed by atoms with Crippen molar-refractivity contribution in [3.05, 3.63) is 144 Å². The summed E-state index contributed by atoms with van der Waals surface area (Å²) in [7, 11) is 3.23. The molecule has 0 spiro atoms. The maximum Gasteiger partial charge on any atom is 0.416 e. The molecular formula is C38H30F4N8O3. The van der Waals surface area contributed by atoms with Crippen LogP contribution in [-0.4, -0.2) is 49.5 Å². The average Bonchev–Trinajstić information content (AvgIpc) is 3.83.